The summed E-state index contributed by atoms with van der Waals surface area (Å²) in [6, 6.07) is 10.0. The molecule has 0 heterocycles. The number of carbonyl (C=O) groups is 1. The Morgan fingerprint density at radius 1 is 1.21 bits per heavy atom. The van der Waals surface area contributed by atoms with Crippen molar-refractivity contribution in [2.75, 3.05) is 0 Å². The Hall–Kier alpha value is -1.97. The summed E-state index contributed by atoms with van der Waals surface area (Å²) in [5.74, 6) is 0. The number of allylic oxidation sites excluding steroid dienone is 2. The highest BCUT2D eigenvalue weighted by atomic mass is 16.6. The molecule has 0 atom stereocenters. The second-order valence-corrected chi connectivity index (χ2v) is 5.23. The van der Waals surface area contributed by atoms with Crippen molar-refractivity contribution in [2.45, 2.75) is 39.7 Å². The molecule has 0 saturated carbocycles. The van der Waals surface area contributed by atoms with Gasteiger partial charge in [-0.1, -0.05) is 36.4 Å². The van der Waals surface area contributed by atoms with Gasteiger partial charge in [0.15, 0.2) is 0 Å². The average Bonchev–Trinajstić information content (AvgIpc) is 2.33. The molecule has 0 aliphatic rings. The topological polar surface area (TPSA) is 50.4 Å². The molecule has 1 amide bonds. The molecule has 0 aliphatic carbocycles. The lowest BCUT2D eigenvalue weighted by Crippen LogP contribution is -2.41. The summed E-state index contributed by atoms with van der Waals surface area (Å²) in [5, 5.41) is 0. The van der Waals surface area contributed by atoms with Gasteiger partial charge in [-0.3, -0.25) is 5.43 Å². The molecule has 1 rings (SSSR count). The van der Waals surface area contributed by atoms with Crippen LogP contribution in [0.1, 0.15) is 33.3 Å². The maximum absolute atomic E-state index is 11.5. The van der Waals surface area contributed by atoms with Crippen molar-refractivity contribution in [2.24, 2.45) is 0 Å². The first-order valence-electron chi connectivity index (χ1n) is 6.35. The first-order chi connectivity index (χ1) is 8.90. The van der Waals surface area contributed by atoms with Crippen LogP contribution >= 0.6 is 0 Å². The monoisotopic (exact) mass is 262 g/mol. The zero-order valence-corrected chi connectivity index (χ0v) is 12.0. The van der Waals surface area contributed by atoms with Crippen LogP contribution in [0.15, 0.2) is 42.1 Å². The minimum atomic E-state index is -0.499. The molecule has 0 bridgehead atoms. The molecular weight excluding hydrogens is 240 g/mol. The van der Waals surface area contributed by atoms with Crippen molar-refractivity contribution in [3.05, 3.63) is 47.7 Å². The molecule has 2 N–H and O–H groups in total. The summed E-state index contributed by atoms with van der Waals surface area (Å²) in [6.45, 7) is 7.40. The summed E-state index contributed by atoms with van der Waals surface area (Å²) in [7, 11) is 0. The van der Waals surface area contributed by atoms with E-state index in [0.717, 1.165) is 12.1 Å². The van der Waals surface area contributed by atoms with E-state index in [1.54, 1.807) is 0 Å². The van der Waals surface area contributed by atoms with E-state index in [2.05, 4.69) is 10.9 Å². The number of nitrogens with one attached hydrogen (secondary N) is 2. The Morgan fingerprint density at radius 2 is 1.84 bits per heavy atom. The average molecular weight is 262 g/mol. The van der Waals surface area contributed by atoms with Gasteiger partial charge >= 0.3 is 6.09 Å². The van der Waals surface area contributed by atoms with E-state index in [4.69, 9.17) is 4.74 Å². The second-order valence-electron chi connectivity index (χ2n) is 5.23. The fourth-order valence-corrected chi connectivity index (χ4v) is 1.47. The molecule has 1 aromatic rings. The van der Waals surface area contributed by atoms with Gasteiger partial charge in [0.2, 0.25) is 0 Å². The molecule has 0 spiro atoms. The maximum Gasteiger partial charge on any atom is 0.426 e. The van der Waals surface area contributed by atoms with E-state index in [1.165, 1.54) is 5.56 Å². The number of carbonyl (C=O) groups excluding carboxylic acids is 1. The Kier molecular flexibility index (Phi) is 5.42. The molecule has 19 heavy (non-hydrogen) atoms. The van der Waals surface area contributed by atoms with Crippen molar-refractivity contribution < 1.29 is 9.53 Å². The van der Waals surface area contributed by atoms with Crippen LogP contribution in [-0.4, -0.2) is 11.7 Å². The molecule has 4 heteroatoms. The molecule has 104 valence electrons. The Bertz CT molecular complexity index is 433. The minimum Gasteiger partial charge on any atom is -0.443 e. The first-order valence-corrected chi connectivity index (χ1v) is 6.35. The van der Waals surface area contributed by atoms with Crippen LogP contribution in [-0.2, 0) is 11.2 Å². The standard InChI is InChI=1S/C15H22N2O2/c1-5-13(11-12-9-7-6-8-10-12)16-17-14(18)19-15(2,3)4/h5-10,16H,11H2,1-4H3,(H,17,18)/b13-5-. The number of rotatable bonds is 4. The predicted octanol–water partition coefficient (Wildman–Crippen LogP) is 3.16. The molecular formula is C15H22N2O2. The zero-order chi connectivity index (χ0) is 14.3. The van der Waals surface area contributed by atoms with E-state index in [0.29, 0.717) is 0 Å². The third kappa shape index (κ3) is 6.50. The van der Waals surface area contributed by atoms with Gasteiger partial charge in [0, 0.05) is 12.1 Å². The Balaban J connectivity index is 2.44. The van der Waals surface area contributed by atoms with E-state index >= 15 is 0 Å². The number of amides is 1. The van der Waals surface area contributed by atoms with Gasteiger partial charge in [-0.25, -0.2) is 10.2 Å². The van der Waals surface area contributed by atoms with Gasteiger partial charge in [0.05, 0.1) is 0 Å². The van der Waals surface area contributed by atoms with Gasteiger partial charge in [-0.05, 0) is 33.3 Å². The van der Waals surface area contributed by atoms with Gasteiger partial charge in [-0.15, -0.1) is 0 Å². The zero-order valence-electron chi connectivity index (χ0n) is 12.0. The van der Waals surface area contributed by atoms with E-state index in [1.807, 2.05) is 64.1 Å². The lowest BCUT2D eigenvalue weighted by Gasteiger charge is -2.20. The van der Waals surface area contributed by atoms with Crippen molar-refractivity contribution in [1.82, 2.24) is 10.9 Å². The summed E-state index contributed by atoms with van der Waals surface area (Å²) < 4.78 is 5.14. The van der Waals surface area contributed by atoms with Gasteiger partial charge < -0.3 is 4.74 Å². The van der Waals surface area contributed by atoms with E-state index < -0.39 is 11.7 Å². The fraction of sp³-hybridized carbons (Fsp3) is 0.400. The molecule has 0 unspecified atom stereocenters. The largest absolute Gasteiger partial charge is 0.443 e. The highest BCUT2D eigenvalue weighted by Gasteiger charge is 2.15. The molecule has 1 aromatic carbocycles. The molecule has 0 aromatic heterocycles. The van der Waals surface area contributed by atoms with Gasteiger partial charge in [-0.2, -0.15) is 0 Å². The maximum atomic E-state index is 11.5. The summed E-state index contributed by atoms with van der Waals surface area (Å²) >= 11 is 0. The quantitative estimate of drug-likeness (QED) is 0.819. The summed E-state index contributed by atoms with van der Waals surface area (Å²) in [5.41, 5.74) is 7.00. The van der Waals surface area contributed by atoms with Crippen LogP contribution in [0.3, 0.4) is 0 Å². The molecule has 0 radical (unpaired) electrons. The molecule has 0 fully saturated rings. The SMILES string of the molecule is C/C=C(/Cc1ccccc1)NNC(=O)OC(C)(C)C. The summed E-state index contributed by atoms with van der Waals surface area (Å²) in [4.78, 5) is 11.5. The smallest absolute Gasteiger partial charge is 0.426 e. The molecule has 0 saturated heterocycles. The first kappa shape index (κ1) is 15.1. The summed E-state index contributed by atoms with van der Waals surface area (Å²) in [6.07, 6.45) is 2.16. The number of hydrogen-bond acceptors (Lipinski definition) is 3. The van der Waals surface area contributed by atoms with Gasteiger partial charge in [0.1, 0.15) is 5.60 Å². The third-order valence-corrected chi connectivity index (χ3v) is 2.31. The fourth-order valence-electron chi connectivity index (χ4n) is 1.47. The highest BCUT2D eigenvalue weighted by Crippen LogP contribution is 2.07. The number of hydrogen-bond donors (Lipinski definition) is 2. The Morgan fingerprint density at radius 3 is 2.37 bits per heavy atom. The van der Waals surface area contributed by atoms with Crippen LogP contribution in [0.25, 0.3) is 0 Å². The second kappa shape index (κ2) is 6.83. The third-order valence-electron chi connectivity index (χ3n) is 2.31. The van der Waals surface area contributed by atoms with E-state index in [-0.39, 0.29) is 0 Å². The lowest BCUT2D eigenvalue weighted by molar-refractivity contribution is 0.0505. The van der Waals surface area contributed by atoms with Crippen LogP contribution in [0.2, 0.25) is 0 Å². The van der Waals surface area contributed by atoms with Crippen molar-refractivity contribution >= 4 is 6.09 Å². The van der Waals surface area contributed by atoms with Crippen LogP contribution in [0, 0.1) is 0 Å². The molecule has 0 aliphatic heterocycles. The van der Waals surface area contributed by atoms with Crippen molar-refractivity contribution in [3.8, 4) is 0 Å². The van der Waals surface area contributed by atoms with Crippen LogP contribution in [0.5, 0.6) is 0 Å². The number of ether oxygens (including phenoxy) is 1. The minimum absolute atomic E-state index is 0.486. The number of benzene rings is 1. The predicted molar refractivity (Wildman–Crippen MR) is 76.4 cm³/mol. The Labute approximate surface area is 114 Å². The van der Waals surface area contributed by atoms with Crippen LogP contribution < -0.4 is 10.9 Å². The highest BCUT2D eigenvalue weighted by molar-refractivity contribution is 5.67. The van der Waals surface area contributed by atoms with Gasteiger partial charge in [0.25, 0.3) is 0 Å². The molecule has 4 nitrogen and oxygen atoms in total. The van der Waals surface area contributed by atoms with Crippen molar-refractivity contribution in [1.29, 1.82) is 0 Å². The lowest BCUT2D eigenvalue weighted by atomic mass is 10.1. The van der Waals surface area contributed by atoms with Crippen LogP contribution in [0.4, 0.5) is 4.79 Å². The van der Waals surface area contributed by atoms with Crippen molar-refractivity contribution in [3.63, 3.8) is 0 Å². The number of hydrazine groups is 1. The van der Waals surface area contributed by atoms with E-state index in [9.17, 15) is 4.79 Å². The normalized spacial score (nSPS) is 11.9.